The zero-order chi connectivity index (χ0) is 10.8. The highest BCUT2D eigenvalue weighted by atomic mass is 16.5. The summed E-state index contributed by atoms with van der Waals surface area (Å²) in [5.41, 5.74) is 6.80. The molecule has 2 heterocycles. The van der Waals surface area contributed by atoms with Gasteiger partial charge >= 0.3 is 0 Å². The number of nitrogens with two attached hydrogens (primary N) is 1. The molecular formula is C9H10N4O2. The van der Waals surface area contributed by atoms with Crippen molar-refractivity contribution in [2.45, 2.75) is 6.61 Å². The first kappa shape index (κ1) is 9.60. The van der Waals surface area contributed by atoms with Crippen LogP contribution >= 0.6 is 0 Å². The van der Waals surface area contributed by atoms with Gasteiger partial charge in [0, 0.05) is 19.4 Å². The SMILES string of the molecule is COCc1cc2nccc(C(N)=O)n2n1. The Labute approximate surface area is 85.7 Å². The van der Waals surface area contributed by atoms with Gasteiger partial charge in [0.1, 0.15) is 5.69 Å². The highest BCUT2D eigenvalue weighted by Gasteiger charge is 2.09. The van der Waals surface area contributed by atoms with Gasteiger partial charge in [-0.15, -0.1) is 0 Å². The summed E-state index contributed by atoms with van der Waals surface area (Å²) in [6, 6.07) is 3.27. The summed E-state index contributed by atoms with van der Waals surface area (Å²) in [7, 11) is 1.58. The molecule has 6 nitrogen and oxygen atoms in total. The van der Waals surface area contributed by atoms with Crippen LogP contribution in [-0.2, 0) is 11.3 Å². The number of rotatable bonds is 3. The van der Waals surface area contributed by atoms with Gasteiger partial charge < -0.3 is 10.5 Å². The Bertz CT molecular complexity index is 506. The summed E-state index contributed by atoms with van der Waals surface area (Å²) in [5.74, 6) is -0.533. The molecule has 0 spiro atoms. The van der Waals surface area contributed by atoms with Crippen molar-refractivity contribution in [3.8, 4) is 0 Å². The van der Waals surface area contributed by atoms with Crippen LogP contribution in [0.15, 0.2) is 18.3 Å². The molecule has 0 unspecified atom stereocenters. The van der Waals surface area contributed by atoms with Crippen molar-refractivity contribution < 1.29 is 9.53 Å². The summed E-state index contributed by atoms with van der Waals surface area (Å²) in [5, 5.41) is 4.15. The lowest BCUT2D eigenvalue weighted by Gasteiger charge is -1.97. The fraction of sp³-hybridized carbons (Fsp3) is 0.222. The second-order valence-corrected chi connectivity index (χ2v) is 3.03. The molecule has 0 bridgehead atoms. The summed E-state index contributed by atoms with van der Waals surface area (Å²) >= 11 is 0. The molecule has 0 saturated heterocycles. The van der Waals surface area contributed by atoms with E-state index in [-0.39, 0.29) is 0 Å². The van der Waals surface area contributed by atoms with Crippen LogP contribution in [0.25, 0.3) is 5.65 Å². The monoisotopic (exact) mass is 206 g/mol. The zero-order valence-corrected chi connectivity index (χ0v) is 8.17. The van der Waals surface area contributed by atoms with Crippen molar-refractivity contribution in [3.63, 3.8) is 0 Å². The number of carbonyl (C=O) groups is 1. The molecule has 15 heavy (non-hydrogen) atoms. The van der Waals surface area contributed by atoms with Gasteiger partial charge in [-0.05, 0) is 6.07 Å². The third kappa shape index (κ3) is 1.66. The molecule has 2 N–H and O–H groups in total. The van der Waals surface area contributed by atoms with Gasteiger partial charge in [0.05, 0.1) is 12.3 Å². The first-order valence-corrected chi connectivity index (χ1v) is 4.35. The van der Waals surface area contributed by atoms with Gasteiger partial charge in [0.25, 0.3) is 5.91 Å². The number of aromatic nitrogens is 3. The largest absolute Gasteiger partial charge is 0.378 e. The molecule has 0 aliphatic rings. The van der Waals surface area contributed by atoms with E-state index >= 15 is 0 Å². The minimum absolute atomic E-state index is 0.308. The number of fused-ring (bicyclic) bond motifs is 1. The van der Waals surface area contributed by atoms with E-state index in [9.17, 15) is 4.79 Å². The van der Waals surface area contributed by atoms with E-state index in [2.05, 4.69) is 10.1 Å². The van der Waals surface area contributed by atoms with Gasteiger partial charge in [-0.25, -0.2) is 9.50 Å². The fourth-order valence-corrected chi connectivity index (χ4v) is 1.35. The topological polar surface area (TPSA) is 82.5 Å². The van der Waals surface area contributed by atoms with Crippen molar-refractivity contribution in [3.05, 3.63) is 29.7 Å². The number of methoxy groups -OCH3 is 1. The van der Waals surface area contributed by atoms with Crippen LogP contribution < -0.4 is 5.73 Å². The van der Waals surface area contributed by atoms with Crippen LogP contribution in [0, 0.1) is 0 Å². The van der Waals surface area contributed by atoms with E-state index in [4.69, 9.17) is 10.5 Å². The molecule has 0 saturated carbocycles. The number of carbonyl (C=O) groups excluding carboxylic acids is 1. The molecular weight excluding hydrogens is 196 g/mol. The van der Waals surface area contributed by atoms with Gasteiger partial charge in [0.2, 0.25) is 0 Å². The van der Waals surface area contributed by atoms with Crippen molar-refractivity contribution in [2.24, 2.45) is 5.73 Å². The molecule has 0 atom stereocenters. The predicted octanol–water partition coefficient (Wildman–Crippen LogP) is -0.0254. The number of hydrogen-bond donors (Lipinski definition) is 1. The lowest BCUT2D eigenvalue weighted by Crippen LogP contribution is -2.16. The number of nitrogens with zero attached hydrogens (tertiary/aromatic N) is 3. The van der Waals surface area contributed by atoms with Crippen LogP contribution in [0.1, 0.15) is 16.2 Å². The second kappa shape index (κ2) is 3.66. The standard InChI is InChI=1S/C9H10N4O2/c1-15-5-6-4-8-11-3-2-7(9(10)14)13(8)12-6/h2-4H,5H2,1H3,(H2,10,14). The van der Waals surface area contributed by atoms with Crippen molar-refractivity contribution in [1.29, 1.82) is 0 Å². The maximum atomic E-state index is 11.1. The Morgan fingerprint density at radius 2 is 2.47 bits per heavy atom. The summed E-state index contributed by atoms with van der Waals surface area (Å²) in [6.45, 7) is 0.377. The molecule has 0 aliphatic heterocycles. The number of amides is 1. The predicted molar refractivity (Wildman–Crippen MR) is 52.2 cm³/mol. The van der Waals surface area contributed by atoms with Crippen molar-refractivity contribution >= 4 is 11.6 Å². The third-order valence-electron chi connectivity index (χ3n) is 1.95. The Balaban J connectivity index is 2.59. The molecule has 2 rings (SSSR count). The van der Waals surface area contributed by atoms with Crippen LogP contribution in [0.3, 0.4) is 0 Å². The third-order valence-corrected chi connectivity index (χ3v) is 1.95. The molecule has 0 radical (unpaired) electrons. The van der Waals surface area contributed by atoms with E-state index in [0.29, 0.717) is 23.6 Å². The minimum atomic E-state index is -0.533. The Morgan fingerprint density at radius 1 is 1.67 bits per heavy atom. The van der Waals surface area contributed by atoms with Gasteiger partial charge in [-0.2, -0.15) is 5.10 Å². The lowest BCUT2D eigenvalue weighted by atomic mass is 10.4. The molecule has 1 amide bonds. The van der Waals surface area contributed by atoms with E-state index < -0.39 is 5.91 Å². The Hall–Kier alpha value is -1.95. The van der Waals surface area contributed by atoms with Crippen molar-refractivity contribution in [2.75, 3.05) is 7.11 Å². The molecule has 6 heteroatoms. The van der Waals surface area contributed by atoms with Crippen molar-refractivity contribution in [1.82, 2.24) is 14.6 Å². The van der Waals surface area contributed by atoms with Crippen LogP contribution in [0.5, 0.6) is 0 Å². The minimum Gasteiger partial charge on any atom is -0.378 e. The van der Waals surface area contributed by atoms with E-state index in [1.54, 1.807) is 13.2 Å². The van der Waals surface area contributed by atoms with Gasteiger partial charge in [-0.1, -0.05) is 0 Å². The average Bonchev–Trinajstić information content (AvgIpc) is 2.59. The Kier molecular flexibility index (Phi) is 2.34. The smallest absolute Gasteiger partial charge is 0.267 e. The van der Waals surface area contributed by atoms with Crippen LogP contribution in [0.4, 0.5) is 0 Å². The van der Waals surface area contributed by atoms with Crippen LogP contribution in [0.2, 0.25) is 0 Å². The zero-order valence-electron chi connectivity index (χ0n) is 8.17. The number of hydrogen-bond acceptors (Lipinski definition) is 4. The highest BCUT2D eigenvalue weighted by molar-refractivity contribution is 5.91. The van der Waals surface area contributed by atoms with Crippen LogP contribution in [-0.4, -0.2) is 27.6 Å². The Morgan fingerprint density at radius 3 is 3.13 bits per heavy atom. The van der Waals surface area contributed by atoms with Gasteiger partial charge in [-0.3, -0.25) is 4.79 Å². The normalized spacial score (nSPS) is 10.7. The summed E-state index contributed by atoms with van der Waals surface area (Å²) in [4.78, 5) is 15.1. The second-order valence-electron chi connectivity index (χ2n) is 3.03. The lowest BCUT2D eigenvalue weighted by molar-refractivity contribution is 0.0993. The maximum absolute atomic E-state index is 11.1. The van der Waals surface area contributed by atoms with E-state index in [1.165, 1.54) is 16.8 Å². The molecule has 2 aromatic heterocycles. The number of ether oxygens (including phenoxy) is 1. The average molecular weight is 206 g/mol. The van der Waals surface area contributed by atoms with Gasteiger partial charge in [0.15, 0.2) is 5.65 Å². The molecule has 0 aromatic carbocycles. The molecule has 0 aliphatic carbocycles. The van der Waals surface area contributed by atoms with E-state index in [0.717, 1.165) is 0 Å². The number of primary amides is 1. The fourth-order valence-electron chi connectivity index (χ4n) is 1.35. The van der Waals surface area contributed by atoms with E-state index in [1.807, 2.05) is 0 Å². The quantitative estimate of drug-likeness (QED) is 0.764. The molecule has 2 aromatic rings. The first-order chi connectivity index (χ1) is 7.22. The highest BCUT2D eigenvalue weighted by Crippen LogP contribution is 2.07. The molecule has 0 fully saturated rings. The maximum Gasteiger partial charge on any atom is 0.267 e. The molecule has 78 valence electrons. The summed E-state index contributed by atoms with van der Waals surface area (Å²) < 4.78 is 6.35. The summed E-state index contributed by atoms with van der Waals surface area (Å²) in [6.07, 6.45) is 1.52. The first-order valence-electron chi connectivity index (χ1n) is 4.35.